The van der Waals surface area contributed by atoms with Crippen LogP contribution in [0.2, 0.25) is 0 Å². The van der Waals surface area contributed by atoms with Gasteiger partial charge in [-0.3, -0.25) is 14.5 Å². The van der Waals surface area contributed by atoms with Crippen LogP contribution in [0, 0.1) is 13.8 Å². The molecule has 0 bridgehead atoms. The molecule has 1 heterocycles. The largest absolute Gasteiger partial charge is 0.490 e. The van der Waals surface area contributed by atoms with Crippen LogP contribution < -0.4 is 19.7 Å². The minimum Gasteiger partial charge on any atom is -0.490 e. The Labute approximate surface area is 220 Å². The van der Waals surface area contributed by atoms with Gasteiger partial charge in [-0.2, -0.15) is 0 Å². The number of rotatable bonds is 8. The lowest BCUT2D eigenvalue weighted by molar-refractivity contribution is -0.118. The number of para-hydroxylation sites is 2. The fourth-order valence-electron chi connectivity index (χ4n) is 3.69. The first kappa shape index (κ1) is 25.5. The monoisotopic (exact) mass is 518 g/mol. The van der Waals surface area contributed by atoms with E-state index >= 15 is 0 Å². The maximum atomic E-state index is 13.2. The van der Waals surface area contributed by atoms with Gasteiger partial charge < -0.3 is 14.8 Å². The van der Waals surface area contributed by atoms with Gasteiger partial charge in [-0.1, -0.05) is 66.4 Å². The maximum absolute atomic E-state index is 13.2. The molecular formula is C28H26N2O4S2. The molecule has 0 atom stereocenters. The third-order valence-electron chi connectivity index (χ3n) is 5.49. The predicted octanol–water partition coefficient (Wildman–Crippen LogP) is 6.13. The van der Waals surface area contributed by atoms with Gasteiger partial charge in [-0.05, 0) is 67.8 Å². The summed E-state index contributed by atoms with van der Waals surface area (Å²) < 4.78 is 12.0. The minimum absolute atomic E-state index is 0.162. The number of hydrogen-bond donors (Lipinski definition) is 1. The molecule has 6 nitrogen and oxygen atoms in total. The zero-order valence-corrected chi connectivity index (χ0v) is 21.9. The third-order valence-corrected chi connectivity index (χ3v) is 6.80. The van der Waals surface area contributed by atoms with Crippen LogP contribution in [0.1, 0.15) is 23.6 Å². The number of thiocarbonyl (C=S) groups is 1. The second-order valence-electron chi connectivity index (χ2n) is 8.09. The van der Waals surface area contributed by atoms with Crippen molar-refractivity contribution in [3.63, 3.8) is 0 Å². The summed E-state index contributed by atoms with van der Waals surface area (Å²) in [7, 11) is 0. The molecular weight excluding hydrogens is 492 g/mol. The van der Waals surface area contributed by atoms with E-state index in [2.05, 4.69) is 5.32 Å². The van der Waals surface area contributed by atoms with Crippen LogP contribution in [-0.2, 0) is 9.59 Å². The number of nitrogens with zero attached hydrogens (tertiary/aromatic N) is 1. The lowest BCUT2D eigenvalue weighted by atomic mass is 10.1. The molecule has 1 saturated heterocycles. The van der Waals surface area contributed by atoms with E-state index in [9.17, 15) is 9.59 Å². The highest BCUT2D eigenvalue weighted by atomic mass is 32.2. The number of amides is 2. The number of ether oxygens (including phenoxy) is 2. The van der Waals surface area contributed by atoms with Crippen LogP contribution in [0.4, 0.5) is 11.4 Å². The Bertz CT molecular complexity index is 1350. The zero-order chi connectivity index (χ0) is 25.7. The molecule has 1 N–H and O–H groups in total. The van der Waals surface area contributed by atoms with Crippen molar-refractivity contribution in [1.29, 1.82) is 0 Å². The van der Waals surface area contributed by atoms with E-state index in [1.54, 1.807) is 23.1 Å². The summed E-state index contributed by atoms with van der Waals surface area (Å²) >= 11 is 6.76. The van der Waals surface area contributed by atoms with Gasteiger partial charge >= 0.3 is 0 Å². The van der Waals surface area contributed by atoms with Gasteiger partial charge in [-0.15, -0.1) is 0 Å². The molecule has 8 heteroatoms. The highest BCUT2D eigenvalue weighted by Crippen LogP contribution is 2.38. The van der Waals surface area contributed by atoms with Crippen molar-refractivity contribution >= 4 is 57.6 Å². The standard InChI is InChI=1S/C28H26N2O4S2/c1-4-33-24-15-20(13-14-23(24)34-17-26(31)29-21-11-7-5-9-18(21)2)16-25-27(32)30(28(35)36-25)22-12-8-6-10-19(22)3/h5-16H,4,17H2,1-3H3,(H,29,31). The van der Waals surface area contributed by atoms with Crippen molar-refractivity contribution in [2.75, 3.05) is 23.4 Å². The number of thioether (sulfide) groups is 1. The quantitative estimate of drug-likeness (QED) is 0.286. The minimum atomic E-state index is -0.268. The average molecular weight is 519 g/mol. The highest BCUT2D eigenvalue weighted by molar-refractivity contribution is 8.27. The number of aryl methyl sites for hydroxylation is 2. The number of carbonyl (C=O) groups is 2. The van der Waals surface area contributed by atoms with E-state index in [-0.39, 0.29) is 18.4 Å². The Kier molecular flexibility index (Phi) is 8.07. The molecule has 3 aromatic rings. The molecule has 1 fully saturated rings. The third kappa shape index (κ3) is 5.78. The van der Waals surface area contributed by atoms with E-state index in [1.807, 2.05) is 75.4 Å². The van der Waals surface area contributed by atoms with Gasteiger partial charge in [0.05, 0.1) is 17.2 Å². The SMILES string of the molecule is CCOc1cc(C=C2SC(=S)N(c3ccccc3C)C2=O)ccc1OCC(=O)Nc1ccccc1C. The summed E-state index contributed by atoms with van der Waals surface area (Å²) in [4.78, 5) is 27.6. The summed E-state index contributed by atoms with van der Waals surface area (Å²) in [6.45, 7) is 6.01. The molecule has 1 aliphatic heterocycles. The van der Waals surface area contributed by atoms with Gasteiger partial charge in [-0.25, -0.2) is 0 Å². The van der Waals surface area contributed by atoms with Crippen molar-refractivity contribution in [3.8, 4) is 11.5 Å². The van der Waals surface area contributed by atoms with Crippen molar-refractivity contribution in [2.24, 2.45) is 0 Å². The number of anilines is 2. The van der Waals surface area contributed by atoms with E-state index < -0.39 is 0 Å². The Morgan fingerprint density at radius 2 is 1.72 bits per heavy atom. The second kappa shape index (κ2) is 11.4. The first-order valence-electron chi connectivity index (χ1n) is 11.5. The van der Waals surface area contributed by atoms with Crippen LogP contribution in [0.5, 0.6) is 11.5 Å². The Morgan fingerprint density at radius 3 is 2.44 bits per heavy atom. The Balaban J connectivity index is 1.49. The molecule has 184 valence electrons. The van der Waals surface area contributed by atoms with Crippen LogP contribution in [0.15, 0.2) is 71.6 Å². The van der Waals surface area contributed by atoms with Gasteiger partial charge in [0, 0.05) is 5.69 Å². The maximum Gasteiger partial charge on any atom is 0.270 e. The summed E-state index contributed by atoms with van der Waals surface area (Å²) in [5.41, 5.74) is 4.24. The average Bonchev–Trinajstić information content (AvgIpc) is 3.13. The molecule has 0 saturated carbocycles. The molecule has 3 aromatic carbocycles. The zero-order valence-electron chi connectivity index (χ0n) is 20.2. The molecule has 1 aliphatic rings. The number of nitrogens with one attached hydrogen (secondary N) is 1. The molecule has 0 aromatic heterocycles. The lowest BCUT2D eigenvalue weighted by Crippen LogP contribution is -2.28. The smallest absolute Gasteiger partial charge is 0.270 e. The molecule has 4 rings (SSSR count). The van der Waals surface area contributed by atoms with Crippen molar-refractivity contribution in [2.45, 2.75) is 20.8 Å². The normalized spacial score (nSPS) is 14.3. The lowest BCUT2D eigenvalue weighted by Gasteiger charge is -2.16. The molecule has 0 aliphatic carbocycles. The van der Waals surface area contributed by atoms with Gasteiger partial charge in [0.25, 0.3) is 11.8 Å². The Hall–Kier alpha value is -3.62. The summed E-state index contributed by atoms with van der Waals surface area (Å²) in [5.74, 6) is 0.506. The second-order valence-corrected chi connectivity index (χ2v) is 9.77. The topological polar surface area (TPSA) is 67.9 Å². The van der Waals surface area contributed by atoms with Crippen molar-refractivity contribution in [3.05, 3.63) is 88.3 Å². The molecule has 0 radical (unpaired) electrons. The van der Waals surface area contributed by atoms with E-state index in [4.69, 9.17) is 21.7 Å². The van der Waals surface area contributed by atoms with Crippen LogP contribution in [0.3, 0.4) is 0 Å². The van der Waals surface area contributed by atoms with Crippen LogP contribution in [0.25, 0.3) is 6.08 Å². The highest BCUT2D eigenvalue weighted by Gasteiger charge is 2.34. The molecule has 0 spiro atoms. The van der Waals surface area contributed by atoms with Crippen LogP contribution in [-0.4, -0.2) is 29.3 Å². The van der Waals surface area contributed by atoms with E-state index in [0.717, 1.165) is 28.1 Å². The number of carbonyl (C=O) groups excluding carboxylic acids is 2. The fraction of sp³-hybridized carbons (Fsp3) is 0.179. The summed E-state index contributed by atoms with van der Waals surface area (Å²) in [5, 5.41) is 2.85. The first-order valence-corrected chi connectivity index (χ1v) is 12.7. The fourth-order valence-corrected chi connectivity index (χ4v) is 4.97. The summed E-state index contributed by atoms with van der Waals surface area (Å²) in [6.07, 6.45) is 1.79. The van der Waals surface area contributed by atoms with Crippen molar-refractivity contribution in [1.82, 2.24) is 0 Å². The molecule has 0 unspecified atom stereocenters. The van der Waals surface area contributed by atoms with Gasteiger partial charge in [0.1, 0.15) is 0 Å². The van der Waals surface area contributed by atoms with E-state index in [1.165, 1.54) is 11.8 Å². The number of hydrogen-bond acceptors (Lipinski definition) is 6. The molecule has 36 heavy (non-hydrogen) atoms. The van der Waals surface area contributed by atoms with Crippen molar-refractivity contribution < 1.29 is 19.1 Å². The summed E-state index contributed by atoms with van der Waals surface area (Å²) in [6, 6.07) is 20.5. The van der Waals surface area contributed by atoms with Gasteiger partial charge in [0.15, 0.2) is 22.4 Å². The Morgan fingerprint density at radius 1 is 1.00 bits per heavy atom. The first-order chi connectivity index (χ1) is 17.4. The van der Waals surface area contributed by atoms with E-state index in [0.29, 0.717) is 27.3 Å². The van der Waals surface area contributed by atoms with Gasteiger partial charge in [0.2, 0.25) is 0 Å². The number of benzene rings is 3. The molecule has 2 amide bonds. The predicted molar refractivity (Wildman–Crippen MR) is 150 cm³/mol. The van der Waals surface area contributed by atoms with Crippen LogP contribution >= 0.6 is 24.0 Å².